The number of fused-ring (bicyclic) bond motifs is 1. The molecule has 0 N–H and O–H groups in total. The minimum absolute atomic E-state index is 0.239. The number of methoxy groups -OCH3 is 4. The predicted molar refractivity (Wildman–Crippen MR) is 131 cm³/mol. The van der Waals surface area contributed by atoms with Crippen LogP contribution < -0.4 is 18.9 Å². The van der Waals surface area contributed by atoms with Gasteiger partial charge in [-0.05, 0) is 67.3 Å². The lowest BCUT2D eigenvalue weighted by atomic mass is 9.78. The summed E-state index contributed by atoms with van der Waals surface area (Å²) in [6.45, 7) is 3.20. The molecule has 2 aromatic rings. The third-order valence-corrected chi connectivity index (χ3v) is 6.61. The summed E-state index contributed by atoms with van der Waals surface area (Å²) in [6.07, 6.45) is 3.95. The standard InChI is InChI=1S/C27H37NO6/c1-19(29)34-27(11-9-21-16-25(32-5)26(33-6)17-22(21)18-27)12-14-28(2)13-10-20-7-8-23(30-3)24(15-20)31-4/h7-8,15-17H,9-14,18H2,1-6H3. The van der Waals surface area contributed by atoms with Crippen molar-refractivity contribution >= 4 is 5.97 Å². The summed E-state index contributed by atoms with van der Waals surface area (Å²) in [6, 6.07) is 10.1. The van der Waals surface area contributed by atoms with E-state index in [1.54, 1.807) is 28.4 Å². The lowest BCUT2D eigenvalue weighted by Crippen LogP contribution is -2.43. The fourth-order valence-electron chi connectivity index (χ4n) is 4.68. The van der Waals surface area contributed by atoms with Crippen molar-refractivity contribution in [2.24, 2.45) is 0 Å². The average Bonchev–Trinajstić information content (AvgIpc) is 2.84. The molecule has 0 spiro atoms. The van der Waals surface area contributed by atoms with Crippen molar-refractivity contribution < 1.29 is 28.5 Å². The molecule has 7 heteroatoms. The van der Waals surface area contributed by atoms with Crippen LogP contribution in [0.1, 0.15) is 36.5 Å². The van der Waals surface area contributed by atoms with Crippen LogP contribution in [-0.2, 0) is 28.8 Å². The zero-order valence-corrected chi connectivity index (χ0v) is 21.2. The number of carbonyl (C=O) groups is 1. The summed E-state index contributed by atoms with van der Waals surface area (Å²) in [5, 5.41) is 0. The van der Waals surface area contributed by atoms with Gasteiger partial charge in [0.05, 0.1) is 28.4 Å². The van der Waals surface area contributed by atoms with E-state index in [2.05, 4.69) is 18.0 Å². The molecule has 0 amide bonds. The first kappa shape index (κ1) is 25.7. The van der Waals surface area contributed by atoms with Crippen LogP contribution in [-0.4, -0.2) is 65.0 Å². The van der Waals surface area contributed by atoms with Gasteiger partial charge in [0.2, 0.25) is 0 Å². The number of ether oxygens (including phenoxy) is 5. The quantitative estimate of drug-likeness (QED) is 0.458. The van der Waals surface area contributed by atoms with Gasteiger partial charge in [-0.25, -0.2) is 0 Å². The van der Waals surface area contributed by atoms with Crippen LogP contribution in [0.3, 0.4) is 0 Å². The maximum Gasteiger partial charge on any atom is 0.303 e. The zero-order valence-electron chi connectivity index (χ0n) is 21.2. The van der Waals surface area contributed by atoms with E-state index in [9.17, 15) is 4.79 Å². The molecule has 0 fully saturated rings. The number of benzene rings is 2. The molecular weight excluding hydrogens is 434 g/mol. The highest BCUT2D eigenvalue weighted by Crippen LogP contribution is 2.40. The van der Waals surface area contributed by atoms with E-state index in [4.69, 9.17) is 23.7 Å². The fourth-order valence-corrected chi connectivity index (χ4v) is 4.68. The molecule has 1 atom stereocenters. The summed E-state index contributed by atoms with van der Waals surface area (Å²) < 4.78 is 27.7. The Labute approximate surface area is 202 Å². The first-order valence-corrected chi connectivity index (χ1v) is 11.7. The number of hydrogen-bond acceptors (Lipinski definition) is 7. The Bertz CT molecular complexity index is 991. The molecule has 0 bridgehead atoms. The molecule has 0 saturated carbocycles. The SMILES string of the molecule is COc1ccc(CCN(C)CCC2(OC(C)=O)CCc3cc(OC)c(OC)cc3C2)cc1OC. The van der Waals surface area contributed by atoms with Crippen LogP contribution in [0, 0.1) is 0 Å². The molecule has 1 aliphatic rings. The predicted octanol–water partition coefficient (Wildman–Crippen LogP) is 4.08. The Hall–Kier alpha value is -2.93. The van der Waals surface area contributed by atoms with Crippen LogP contribution in [0.4, 0.5) is 0 Å². The van der Waals surface area contributed by atoms with Crippen molar-refractivity contribution in [2.45, 2.75) is 44.6 Å². The third kappa shape index (κ3) is 6.14. The van der Waals surface area contributed by atoms with E-state index in [0.29, 0.717) is 12.2 Å². The topological polar surface area (TPSA) is 66.5 Å². The Morgan fingerprint density at radius 2 is 1.50 bits per heavy atom. The number of aryl methyl sites for hydroxylation is 1. The molecule has 0 saturated heterocycles. The maximum absolute atomic E-state index is 12.0. The van der Waals surface area contributed by atoms with Gasteiger partial charge in [-0.3, -0.25) is 4.79 Å². The first-order valence-electron chi connectivity index (χ1n) is 11.7. The summed E-state index contributed by atoms with van der Waals surface area (Å²) in [5.41, 5.74) is 3.04. The van der Waals surface area contributed by atoms with E-state index in [1.807, 2.05) is 24.3 Å². The minimum Gasteiger partial charge on any atom is -0.493 e. The van der Waals surface area contributed by atoms with Crippen molar-refractivity contribution in [3.05, 3.63) is 47.0 Å². The Morgan fingerprint density at radius 1 is 0.882 bits per heavy atom. The van der Waals surface area contributed by atoms with Gasteiger partial charge in [-0.1, -0.05) is 6.07 Å². The van der Waals surface area contributed by atoms with Gasteiger partial charge in [0.1, 0.15) is 5.60 Å². The molecule has 7 nitrogen and oxygen atoms in total. The van der Waals surface area contributed by atoms with Crippen LogP contribution >= 0.6 is 0 Å². The number of likely N-dealkylation sites (N-methyl/N-ethyl adjacent to an activating group) is 1. The van der Waals surface area contributed by atoms with E-state index in [1.165, 1.54) is 18.1 Å². The molecule has 34 heavy (non-hydrogen) atoms. The second-order valence-electron chi connectivity index (χ2n) is 8.92. The Kier molecular flexibility index (Phi) is 8.67. The summed E-state index contributed by atoms with van der Waals surface area (Å²) in [4.78, 5) is 14.3. The van der Waals surface area contributed by atoms with Crippen molar-refractivity contribution in [2.75, 3.05) is 48.6 Å². The molecule has 0 heterocycles. The van der Waals surface area contributed by atoms with Crippen LogP contribution in [0.25, 0.3) is 0 Å². The van der Waals surface area contributed by atoms with Gasteiger partial charge in [-0.2, -0.15) is 0 Å². The highest BCUT2D eigenvalue weighted by atomic mass is 16.6. The summed E-state index contributed by atoms with van der Waals surface area (Å²) >= 11 is 0. The van der Waals surface area contributed by atoms with Crippen molar-refractivity contribution in [1.29, 1.82) is 0 Å². The number of nitrogens with zero attached hydrogens (tertiary/aromatic N) is 1. The van der Waals surface area contributed by atoms with Gasteiger partial charge in [0, 0.05) is 32.9 Å². The van der Waals surface area contributed by atoms with Crippen LogP contribution in [0.15, 0.2) is 30.3 Å². The maximum atomic E-state index is 12.0. The summed E-state index contributed by atoms with van der Waals surface area (Å²) in [7, 11) is 8.68. The molecule has 0 aliphatic heterocycles. The zero-order chi connectivity index (χ0) is 24.7. The van der Waals surface area contributed by atoms with Crippen LogP contribution in [0.2, 0.25) is 0 Å². The van der Waals surface area contributed by atoms with E-state index < -0.39 is 5.60 Å². The molecule has 0 radical (unpaired) electrons. The molecule has 186 valence electrons. The van der Waals surface area contributed by atoms with Gasteiger partial charge in [0.25, 0.3) is 0 Å². The molecule has 0 aromatic heterocycles. The van der Waals surface area contributed by atoms with Gasteiger partial charge < -0.3 is 28.6 Å². The lowest BCUT2D eigenvalue weighted by Gasteiger charge is -2.39. The third-order valence-electron chi connectivity index (χ3n) is 6.61. The molecule has 2 aromatic carbocycles. The average molecular weight is 472 g/mol. The van der Waals surface area contributed by atoms with Crippen molar-refractivity contribution in [1.82, 2.24) is 4.90 Å². The number of rotatable bonds is 11. The Balaban J connectivity index is 1.66. The number of hydrogen-bond donors (Lipinski definition) is 0. The normalized spacial score (nSPS) is 17.1. The number of carbonyl (C=O) groups excluding carboxylic acids is 1. The van der Waals surface area contributed by atoms with Gasteiger partial charge >= 0.3 is 5.97 Å². The summed E-state index contributed by atoms with van der Waals surface area (Å²) in [5.74, 6) is 2.67. The largest absolute Gasteiger partial charge is 0.493 e. The molecular formula is C27H37NO6. The fraction of sp³-hybridized carbons (Fsp3) is 0.519. The van der Waals surface area contributed by atoms with E-state index >= 15 is 0 Å². The second kappa shape index (κ2) is 11.5. The van der Waals surface area contributed by atoms with Crippen molar-refractivity contribution in [3.8, 4) is 23.0 Å². The minimum atomic E-state index is -0.518. The smallest absolute Gasteiger partial charge is 0.303 e. The second-order valence-corrected chi connectivity index (χ2v) is 8.92. The highest BCUT2D eigenvalue weighted by Gasteiger charge is 2.38. The molecule has 1 unspecified atom stereocenters. The van der Waals surface area contributed by atoms with Gasteiger partial charge in [-0.15, -0.1) is 0 Å². The van der Waals surface area contributed by atoms with E-state index in [-0.39, 0.29) is 5.97 Å². The molecule has 1 aliphatic carbocycles. The lowest BCUT2D eigenvalue weighted by molar-refractivity contribution is -0.159. The molecule has 3 rings (SSSR count). The first-order chi connectivity index (χ1) is 16.3. The van der Waals surface area contributed by atoms with Crippen molar-refractivity contribution in [3.63, 3.8) is 0 Å². The Morgan fingerprint density at radius 3 is 2.12 bits per heavy atom. The van der Waals surface area contributed by atoms with Gasteiger partial charge in [0.15, 0.2) is 23.0 Å². The highest BCUT2D eigenvalue weighted by molar-refractivity contribution is 5.66. The van der Waals surface area contributed by atoms with E-state index in [0.717, 1.165) is 61.6 Å². The number of esters is 1. The van der Waals surface area contributed by atoms with Crippen LogP contribution in [0.5, 0.6) is 23.0 Å². The monoisotopic (exact) mass is 471 g/mol.